The minimum Gasteiger partial charge on any atom is -0.370 e. The van der Waals surface area contributed by atoms with Crippen LogP contribution in [0.3, 0.4) is 0 Å². The number of rotatable bonds is 10. The molecule has 0 amide bonds. The zero-order valence-electron chi connectivity index (χ0n) is 12.8. The third-order valence-electron chi connectivity index (χ3n) is 3.20. The zero-order chi connectivity index (χ0) is 16.4. The van der Waals surface area contributed by atoms with E-state index < -0.39 is 7.82 Å². The van der Waals surface area contributed by atoms with Crippen LogP contribution in [0.4, 0.5) is 0 Å². The molecule has 0 saturated heterocycles. The van der Waals surface area contributed by atoms with E-state index in [1.807, 2.05) is 30.3 Å². The van der Waals surface area contributed by atoms with E-state index in [9.17, 15) is 4.57 Å². The Morgan fingerprint density at radius 3 is 2.55 bits per heavy atom. The third-order valence-corrected chi connectivity index (χ3v) is 4.01. The lowest BCUT2D eigenvalue weighted by Gasteiger charge is -2.21. The van der Waals surface area contributed by atoms with Gasteiger partial charge in [-0.15, -0.1) is 0 Å². The second-order valence-electron chi connectivity index (χ2n) is 5.13. The molecule has 5 nitrogen and oxygen atoms in total. The number of phosphoric ester groups is 1. The average molecular weight is 345 g/mol. The van der Waals surface area contributed by atoms with Crippen molar-refractivity contribution in [1.29, 1.82) is 0 Å². The Hall–Kier alpha value is -0.780. The molecular weight excluding hydrogens is 321 g/mol. The summed E-state index contributed by atoms with van der Waals surface area (Å²) in [6.07, 6.45) is 5.28. The summed E-state index contributed by atoms with van der Waals surface area (Å²) >= 11 is 5.33. The summed E-state index contributed by atoms with van der Waals surface area (Å²) in [4.78, 5) is 18.4. The first-order valence-corrected chi connectivity index (χ1v) is 9.40. The van der Waals surface area contributed by atoms with E-state index in [1.165, 1.54) is 12.8 Å². The number of phosphoric acid groups is 1. The number of hydrogen-bond donors (Lipinski definition) is 3. The maximum Gasteiger partial charge on any atom is 0.469 e. The van der Waals surface area contributed by atoms with Gasteiger partial charge in [-0.3, -0.25) is 4.52 Å². The van der Waals surface area contributed by atoms with Crippen LogP contribution in [-0.4, -0.2) is 21.4 Å². The Kier molecular flexibility index (Phi) is 8.83. The molecule has 0 spiro atoms. The van der Waals surface area contributed by atoms with Crippen molar-refractivity contribution in [3.8, 4) is 0 Å². The van der Waals surface area contributed by atoms with Crippen molar-refractivity contribution in [2.45, 2.75) is 45.1 Å². The van der Waals surface area contributed by atoms with Crippen molar-refractivity contribution in [2.24, 2.45) is 0 Å². The van der Waals surface area contributed by atoms with Gasteiger partial charge < -0.3 is 15.1 Å². The van der Waals surface area contributed by atoms with E-state index in [0.29, 0.717) is 4.99 Å². The molecule has 22 heavy (non-hydrogen) atoms. The van der Waals surface area contributed by atoms with E-state index >= 15 is 0 Å². The van der Waals surface area contributed by atoms with Crippen LogP contribution in [-0.2, 0) is 9.09 Å². The van der Waals surface area contributed by atoms with Crippen molar-refractivity contribution in [2.75, 3.05) is 6.61 Å². The maximum atomic E-state index is 10.9. The predicted molar refractivity (Wildman–Crippen MR) is 91.7 cm³/mol. The Morgan fingerprint density at radius 2 is 1.95 bits per heavy atom. The lowest BCUT2D eigenvalue weighted by molar-refractivity contribution is 0.182. The second-order valence-corrected chi connectivity index (χ2v) is 6.86. The molecule has 0 aliphatic rings. The topological polar surface area (TPSA) is 78.8 Å². The van der Waals surface area contributed by atoms with Gasteiger partial charge in [-0.05, 0) is 18.4 Å². The smallest absolute Gasteiger partial charge is 0.370 e. The van der Waals surface area contributed by atoms with Crippen molar-refractivity contribution in [3.63, 3.8) is 0 Å². The predicted octanol–water partition coefficient (Wildman–Crippen LogP) is 3.72. The third kappa shape index (κ3) is 8.61. The molecule has 1 aromatic carbocycles. The molecule has 0 aromatic heterocycles. The van der Waals surface area contributed by atoms with Crippen LogP contribution in [0, 0.1) is 0 Å². The Morgan fingerprint density at radius 1 is 1.27 bits per heavy atom. The molecule has 0 fully saturated rings. The summed E-state index contributed by atoms with van der Waals surface area (Å²) in [5.74, 6) is 0. The fraction of sp³-hybridized carbons (Fsp3) is 0.533. The van der Waals surface area contributed by atoms with Gasteiger partial charge in [-0.25, -0.2) is 4.57 Å². The monoisotopic (exact) mass is 345 g/mol. The second kappa shape index (κ2) is 10.1. The lowest BCUT2D eigenvalue weighted by Crippen LogP contribution is -2.30. The largest absolute Gasteiger partial charge is 0.469 e. The molecule has 3 N–H and O–H groups in total. The van der Waals surface area contributed by atoms with Crippen LogP contribution in [0.1, 0.15) is 50.6 Å². The van der Waals surface area contributed by atoms with Gasteiger partial charge in [0.05, 0.1) is 17.6 Å². The first-order valence-electron chi connectivity index (χ1n) is 7.46. The van der Waals surface area contributed by atoms with E-state index in [4.69, 9.17) is 22.0 Å². The maximum absolute atomic E-state index is 10.9. The SMILES string of the molecule is CCCCCCC(=S)NC(COP(=O)(O)O)c1ccccc1. The van der Waals surface area contributed by atoms with Gasteiger partial charge in [-0.1, -0.05) is 68.7 Å². The fourth-order valence-corrected chi connectivity index (χ4v) is 2.69. The Bertz CT molecular complexity index is 492. The molecule has 1 atom stereocenters. The number of unbranched alkanes of at least 4 members (excludes halogenated alkanes) is 3. The van der Waals surface area contributed by atoms with Gasteiger partial charge in [0.15, 0.2) is 0 Å². The molecule has 0 aliphatic carbocycles. The van der Waals surface area contributed by atoms with Gasteiger partial charge in [0.25, 0.3) is 0 Å². The molecule has 1 unspecified atom stereocenters. The van der Waals surface area contributed by atoms with Crippen molar-refractivity contribution in [3.05, 3.63) is 35.9 Å². The highest BCUT2D eigenvalue weighted by atomic mass is 32.1. The first-order chi connectivity index (χ1) is 10.4. The summed E-state index contributed by atoms with van der Waals surface area (Å²) in [6, 6.07) is 9.00. The molecule has 1 aromatic rings. The summed E-state index contributed by atoms with van der Waals surface area (Å²) < 4.78 is 15.5. The molecular formula is C15H24NO4PS. The quantitative estimate of drug-likeness (QED) is 0.341. The van der Waals surface area contributed by atoms with Gasteiger partial charge in [-0.2, -0.15) is 0 Å². The minimum absolute atomic E-state index is 0.136. The van der Waals surface area contributed by atoms with Crippen molar-refractivity contribution in [1.82, 2.24) is 5.32 Å². The molecule has 0 bridgehead atoms. The van der Waals surface area contributed by atoms with Gasteiger partial charge >= 0.3 is 7.82 Å². The number of benzene rings is 1. The summed E-state index contributed by atoms with van der Waals surface area (Å²) in [5, 5.41) is 3.15. The molecule has 0 aliphatic heterocycles. The van der Waals surface area contributed by atoms with E-state index in [-0.39, 0.29) is 12.6 Å². The van der Waals surface area contributed by atoms with Gasteiger partial charge in [0, 0.05) is 0 Å². The summed E-state index contributed by atoms with van der Waals surface area (Å²) in [6.45, 7) is 2.02. The number of hydrogen-bond acceptors (Lipinski definition) is 3. The van der Waals surface area contributed by atoms with Crippen molar-refractivity contribution >= 4 is 25.0 Å². The summed E-state index contributed by atoms with van der Waals surface area (Å²) in [5.41, 5.74) is 0.881. The van der Waals surface area contributed by atoms with Gasteiger partial charge in [0.2, 0.25) is 0 Å². The minimum atomic E-state index is -4.50. The lowest BCUT2D eigenvalue weighted by atomic mass is 10.1. The van der Waals surface area contributed by atoms with Crippen LogP contribution in [0.5, 0.6) is 0 Å². The van der Waals surface area contributed by atoms with E-state index in [2.05, 4.69) is 16.8 Å². The van der Waals surface area contributed by atoms with Crippen LogP contribution < -0.4 is 5.32 Å². The molecule has 7 heteroatoms. The molecule has 0 saturated carbocycles. The highest BCUT2D eigenvalue weighted by Crippen LogP contribution is 2.37. The highest BCUT2D eigenvalue weighted by Gasteiger charge is 2.20. The first kappa shape index (κ1) is 19.3. The van der Waals surface area contributed by atoms with Crippen LogP contribution in [0.15, 0.2) is 30.3 Å². The molecule has 124 valence electrons. The standard InChI is InChI=1S/C15H24NO4PS/c1-2-3-4-8-11-15(22)16-14(12-20-21(17,18)19)13-9-6-5-7-10-13/h5-7,9-10,14H,2-4,8,11-12H2,1H3,(H,16,22)(H2,17,18,19). The molecule has 1 rings (SSSR count). The Balaban J connectivity index is 2.58. The Labute approximate surface area is 137 Å². The number of nitrogens with one attached hydrogen (secondary N) is 1. The van der Waals surface area contributed by atoms with E-state index in [0.717, 1.165) is 24.8 Å². The van der Waals surface area contributed by atoms with Crippen LogP contribution >= 0.6 is 20.0 Å². The van der Waals surface area contributed by atoms with Gasteiger partial charge in [0.1, 0.15) is 0 Å². The highest BCUT2D eigenvalue weighted by molar-refractivity contribution is 7.80. The van der Waals surface area contributed by atoms with Crippen LogP contribution in [0.25, 0.3) is 0 Å². The average Bonchev–Trinajstić information content (AvgIpc) is 2.48. The molecule has 0 heterocycles. The molecule has 0 radical (unpaired) electrons. The van der Waals surface area contributed by atoms with Crippen molar-refractivity contribution < 1.29 is 18.9 Å². The normalized spacial score (nSPS) is 12.9. The summed E-state index contributed by atoms with van der Waals surface area (Å²) in [7, 11) is -4.50. The zero-order valence-corrected chi connectivity index (χ0v) is 14.5. The van der Waals surface area contributed by atoms with Crippen LogP contribution in [0.2, 0.25) is 0 Å². The van der Waals surface area contributed by atoms with E-state index in [1.54, 1.807) is 0 Å². The number of thiocarbonyl (C=S) groups is 1. The fourth-order valence-electron chi connectivity index (χ4n) is 2.06.